The van der Waals surface area contributed by atoms with E-state index in [4.69, 9.17) is 4.74 Å². The first-order chi connectivity index (χ1) is 17.5. The van der Waals surface area contributed by atoms with Gasteiger partial charge in [-0.15, -0.1) is 0 Å². The highest BCUT2D eigenvalue weighted by Gasteiger charge is 2.31. The van der Waals surface area contributed by atoms with Crippen molar-refractivity contribution in [2.45, 2.75) is 49.3 Å². The van der Waals surface area contributed by atoms with Crippen LogP contribution in [0.25, 0.3) is 0 Å². The molecular formula is C28H28F3NO4S. The quantitative estimate of drug-likeness (QED) is 0.388. The number of rotatable bonds is 7. The van der Waals surface area contributed by atoms with Gasteiger partial charge in [0.2, 0.25) is 5.91 Å². The minimum atomic E-state index is -4.37. The van der Waals surface area contributed by atoms with Crippen LogP contribution in [0.2, 0.25) is 0 Å². The molecule has 0 saturated carbocycles. The zero-order valence-electron chi connectivity index (χ0n) is 20.3. The Hall–Kier alpha value is -3.17. The Kier molecular flexibility index (Phi) is 8.04. The summed E-state index contributed by atoms with van der Waals surface area (Å²) in [5.41, 5.74) is 2.47. The Morgan fingerprint density at radius 2 is 1.57 bits per heavy atom. The predicted molar refractivity (Wildman–Crippen MR) is 135 cm³/mol. The third-order valence-electron chi connectivity index (χ3n) is 6.59. The van der Waals surface area contributed by atoms with E-state index in [2.05, 4.69) is 5.32 Å². The van der Waals surface area contributed by atoms with Crippen molar-refractivity contribution in [3.63, 3.8) is 0 Å². The second-order valence-corrected chi connectivity index (χ2v) is 11.4. The summed E-state index contributed by atoms with van der Waals surface area (Å²) in [5.74, 6) is -0.0112. The minimum Gasteiger partial charge on any atom is -0.373 e. The number of ether oxygens (including phenoxy) is 1. The van der Waals surface area contributed by atoms with Gasteiger partial charge in [0, 0.05) is 12.3 Å². The highest BCUT2D eigenvalue weighted by atomic mass is 32.2. The molecule has 2 atom stereocenters. The number of amides is 1. The first kappa shape index (κ1) is 26.9. The van der Waals surface area contributed by atoms with Crippen molar-refractivity contribution in [2.24, 2.45) is 0 Å². The summed E-state index contributed by atoms with van der Waals surface area (Å²) in [4.78, 5) is 12.7. The number of benzene rings is 3. The lowest BCUT2D eigenvalue weighted by atomic mass is 9.86. The first-order valence-corrected chi connectivity index (χ1v) is 13.7. The normalized spacial score (nSPS) is 18.4. The number of hydrogen-bond donors (Lipinski definition) is 1. The van der Waals surface area contributed by atoms with Gasteiger partial charge in [-0.25, -0.2) is 8.42 Å². The molecule has 4 rings (SSSR count). The molecule has 1 amide bonds. The molecule has 5 nitrogen and oxygen atoms in total. The standard InChI is InChI=1S/C28H28F3NO4S/c1-2-37(34,35)25-13-3-19(4-14-25)17-27(33)32-24-11-7-20(8-12-24)22-15-16-36-26(18-22)21-5-9-23(10-6-21)28(29,30)31/h3-14,22,26H,2,15-18H2,1H3,(H,32,33). The number of halogens is 3. The molecule has 2 unspecified atom stereocenters. The van der Waals surface area contributed by atoms with Gasteiger partial charge in [-0.1, -0.05) is 43.3 Å². The fourth-order valence-corrected chi connectivity index (χ4v) is 5.31. The lowest BCUT2D eigenvalue weighted by molar-refractivity contribution is -0.137. The van der Waals surface area contributed by atoms with E-state index in [1.807, 2.05) is 24.3 Å². The lowest BCUT2D eigenvalue weighted by Gasteiger charge is -2.30. The number of nitrogens with one attached hydrogen (secondary N) is 1. The van der Waals surface area contributed by atoms with E-state index in [-0.39, 0.29) is 35.0 Å². The summed E-state index contributed by atoms with van der Waals surface area (Å²) in [6.07, 6.45) is -3.08. The van der Waals surface area contributed by atoms with Crippen LogP contribution >= 0.6 is 0 Å². The molecule has 37 heavy (non-hydrogen) atoms. The molecule has 196 valence electrons. The lowest BCUT2D eigenvalue weighted by Crippen LogP contribution is -2.19. The summed E-state index contributed by atoms with van der Waals surface area (Å²) in [6.45, 7) is 2.09. The molecule has 1 heterocycles. The molecule has 3 aromatic carbocycles. The monoisotopic (exact) mass is 531 g/mol. The van der Waals surface area contributed by atoms with E-state index < -0.39 is 21.6 Å². The van der Waals surface area contributed by atoms with Crippen LogP contribution in [-0.2, 0) is 32.0 Å². The highest BCUT2D eigenvalue weighted by molar-refractivity contribution is 7.91. The number of hydrogen-bond acceptors (Lipinski definition) is 4. The summed E-state index contributed by atoms with van der Waals surface area (Å²) in [6, 6.07) is 19.0. The third kappa shape index (κ3) is 6.78. The molecule has 0 bridgehead atoms. The molecule has 0 radical (unpaired) electrons. The van der Waals surface area contributed by atoms with Crippen molar-refractivity contribution >= 4 is 21.4 Å². The van der Waals surface area contributed by atoms with Crippen LogP contribution in [0.1, 0.15) is 54.0 Å². The zero-order valence-corrected chi connectivity index (χ0v) is 21.1. The molecule has 1 N–H and O–H groups in total. The molecule has 1 saturated heterocycles. The van der Waals surface area contributed by atoms with E-state index >= 15 is 0 Å². The smallest absolute Gasteiger partial charge is 0.373 e. The SMILES string of the molecule is CCS(=O)(=O)c1ccc(CC(=O)Nc2ccc(C3CCOC(c4ccc(C(F)(F)F)cc4)C3)cc2)cc1. The minimum absolute atomic E-state index is 0.0203. The molecule has 3 aromatic rings. The molecular weight excluding hydrogens is 503 g/mol. The van der Waals surface area contributed by atoms with Crippen LogP contribution in [0.3, 0.4) is 0 Å². The maximum Gasteiger partial charge on any atom is 0.416 e. The zero-order chi connectivity index (χ0) is 26.6. The summed E-state index contributed by atoms with van der Waals surface area (Å²) in [5, 5.41) is 2.85. The van der Waals surface area contributed by atoms with Crippen LogP contribution < -0.4 is 5.32 Å². The van der Waals surface area contributed by atoms with Crippen LogP contribution in [0.4, 0.5) is 18.9 Å². The summed E-state index contributed by atoms with van der Waals surface area (Å²) in [7, 11) is -3.28. The van der Waals surface area contributed by atoms with Gasteiger partial charge in [0.05, 0.1) is 28.7 Å². The fourth-order valence-electron chi connectivity index (χ4n) is 4.43. The predicted octanol–water partition coefficient (Wildman–Crippen LogP) is 6.32. The average molecular weight is 532 g/mol. The second-order valence-electron chi connectivity index (χ2n) is 9.09. The first-order valence-electron chi connectivity index (χ1n) is 12.1. The van der Waals surface area contributed by atoms with Gasteiger partial charge in [-0.2, -0.15) is 13.2 Å². The molecule has 9 heteroatoms. The molecule has 1 aliphatic rings. The Bertz CT molecular complexity index is 1320. The van der Waals surface area contributed by atoms with Crippen molar-refractivity contribution in [1.82, 2.24) is 0 Å². The van der Waals surface area contributed by atoms with Crippen LogP contribution in [0.15, 0.2) is 77.7 Å². The van der Waals surface area contributed by atoms with Crippen LogP contribution in [-0.4, -0.2) is 26.7 Å². The number of alkyl halides is 3. The molecule has 0 aliphatic carbocycles. The Balaban J connectivity index is 1.34. The number of anilines is 1. The number of carbonyl (C=O) groups is 1. The fraction of sp³-hybridized carbons (Fsp3) is 0.321. The van der Waals surface area contributed by atoms with Crippen molar-refractivity contribution in [3.05, 3.63) is 95.1 Å². The average Bonchev–Trinajstić information content (AvgIpc) is 2.89. The van der Waals surface area contributed by atoms with Gasteiger partial charge in [0.25, 0.3) is 0 Å². The van der Waals surface area contributed by atoms with E-state index in [0.717, 1.165) is 29.7 Å². The van der Waals surface area contributed by atoms with Crippen LogP contribution in [0.5, 0.6) is 0 Å². The van der Waals surface area contributed by atoms with E-state index in [1.165, 1.54) is 24.3 Å². The molecule has 1 aliphatic heterocycles. The third-order valence-corrected chi connectivity index (χ3v) is 8.34. The second kappa shape index (κ2) is 11.1. The van der Waals surface area contributed by atoms with E-state index in [9.17, 15) is 26.4 Å². The highest BCUT2D eigenvalue weighted by Crippen LogP contribution is 2.38. The van der Waals surface area contributed by atoms with Gasteiger partial charge in [0.1, 0.15) is 0 Å². The Labute approximate surface area is 214 Å². The van der Waals surface area contributed by atoms with Crippen molar-refractivity contribution < 1.29 is 31.1 Å². The molecule has 1 fully saturated rings. The van der Waals surface area contributed by atoms with Crippen molar-refractivity contribution in [3.8, 4) is 0 Å². The van der Waals surface area contributed by atoms with Crippen molar-refractivity contribution in [1.29, 1.82) is 0 Å². The van der Waals surface area contributed by atoms with Gasteiger partial charge >= 0.3 is 6.18 Å². The summed E-state index contributed by atoms with van der Waals surface area (Å²) < 4.78 is 68.3. The van der Waals surface area contributed by atoms with Gasteiger partial charge in [0.15, 0.2) is 9.84 Å². The summed E-state index contributed by atoms with van der Waals surface area (Å²) >= 11 is 0. The Morgan fingerprint density at radius 3 is 2.16 bits per heavy atom. The largest absolute Gasteiger partial charge is 0.416 e. The van der Waals surface area contributed by atoms with E-state index in [1.54, 1.807) is 19.1 Å². The van der Waals surface area contributed by atoms with Gasteiger partial charge in [-0.3, -0.25) is 4.79 Å². The van der Waals surface area contributed by atoms with E-state index in [0.29, 0.717) is 24.3 Å². The number of sulfone groups is 1. The maximum absolute atomic E-state index is 12.9. The molecule has 0 spiro atoms. The number of carbonyl (C=O) groups excluding carboxylic acids is 1. The molecule has 0 aromatic heterocycles. The maximum atomic E-state index is 12.9. The topological polar surface area (TPSA) is 72.5 Å². The van der Waals surface area contributed by atoms with Gasteiger partial charge < -0.3 is 10.1 Å². The van der Waals surface area contributed by atoms with Gasteiger partial charge in [-0.05, 0) is 71.8 Å². The van der Waals surface area contributed by atoms with Crippen molar-refractivity contribution in [2.75, 3.05) is 17.7 Å². The van der Waals surface area contributed by atoms with Crippen LogP contribution in [0, 0.1) is 0 Å². The Morgan fingerprint density at radius 1 is 0.946 bits per heavy atom.